The molecule has 100 valence electrons. The second kappa shape index (κ2) is 7.43. The molecule has 0 bridgehead atoms. The molecule has 1 aromatic heterocycles. The van der Waals surface area contributed by atoms with E-state index in [1.165, 1.54) is 50.1 Å². The molecule has 0 saturated heterocycles. The van der Waals surface area contributed by atoms with Gasteiger partial charge < -0.3 is 10.6 Å². The summed E-state index contributed by atoms with van der Waals surface area (Å²) in [5.41, 5.74) is 0.412. The van der Waals surface area contributed by atoms with Gasteiger partial charge in [0, 0.05) is 24.5 Å². The molecule has 6 heteroatoms. The van der Waals surface area contributed by atoms with E-state index in [1.54, 1.807) is 5.38 Å². The van der Waals surface area contributed by atoms with Crippen LogP contribution in [-0.4, -0.2) is 34.6 Å². The third-order valence-corrected chi connectivity index (χ3v) is 3.80. The zero-order valence-electron chi connectivity index (χ0n) is 10.5. The molecular weight excluding hydrogens is 248 g/mol. The van der Waals surface area contributed by atoms with E-state index in [1.807, 2.05) is 0 Å². The van der Waals surface area contributed by atoms with Gasteiger partial charge in [-0.25, -0.2) is 0 Å². The van der Waals surface area contributed by atoms with Crippen LogP contribution in [0.5, 0.6) is 0 Å². The molecule has 1 aromatic rings. The molecule has 2 rings (SSSR count). The summed E-state index contributed by atoms with van der Waals surface area (Å²) < 4.78 is 3.67. The maximum absolute atomic E-state index is 11.6. The van der Waals surface area contributed by atoms with Crippen molar-refractivity contribution in [2.75, 3.05) is 13.1 Å². The Bertz CT molecular complexity index is 347. The summed E-state index contributed by atoms with van der Waals surface area (Å²) >= 11 is 1.19. The van der Waals surface area contributed by atoms with Crippen LogP contribution in [0.1, 0.15) is 49.0 Å². The molecule has 0 unspecified atom stereocenters. The first-order valence-corrected chi connectivity index (χ1v) is 7.48. The highest BCUT2D eigenvalue weighted by molar-refractivity contribution is 7.03. The van der Waals surface area contributed by atoms with Crippen molar-refractivity contribution >= 4 is 17.4 Å². The number of amides is 1. The molecule has 0 radical (unpaired) electrons. The second-order valence-electron chi connectivity index (χ2n) is 4.69. The van der Waals surface area contributed by atoms with Crippen LogP contribution in [0.4, 0.5) is 0 Å². The van der Waals surface area contributed by atoms with Crippen LogP contribution in [0.3, 0.4) is 0 Å². The lowest BCUT2D eigenvalue weighted by Gasteiger charge is -2.16. The Morgan fingerprint density at radius 1 is 1.28 bits per heavy atom. The highest BCUT2D eigenvalue weighted by atomic mass is 32.1. The molecule has 1 saturated carbocycles. The van der Waals surface area contributed by atoms with Crippen molar-refractivity contribution in [1.82, 2.24) is 20.2 Å². The van der Waals surface area contributed by atoms with Crippen molar-refractivity contribution in [3.8, 4) is 0 Å². The van der Waals surface area contributed by atoms with Crippen molar-refractivity contribution in [1.29, 1.82) is 0 Å². The first kappa shape index (κ1) is 13.4. The first-order chi connectivity index (χ1) is 8.86. The molecule has 1 heterocycles. The van der Waals surface area contributed by atoms with E-state index in [4.69, 9.17) is 0 Å². The molecule has 1 fully saturated rings. The molecule has 1 aliphatic rings. The molecule has 0 atom stereocenters. The van der Waals surface area contributed by atoms with E-state index < -0.39 is 0 Å². The number of rotatable bonds is 5. The Morgan fingerprint density at radius 3 is 2.72 bits per heavy atom. The zero-order valence-corrected chi connectivity index (χ0v) is 11.3. The number of hydrogen-bond donors (Lipinski definition) is 2. The van der Waals surface area contributed by atoms with E-state index in [2.05, 4.69) is 20.2 Å². The average molecular weight is 268 g/mol. The van der Waals surface area contributed by atoms with Gasteiger partial charge in [0.25, 0.3) is 5.91 Å². The predicted octanol–water partition coefficient (Wildman–Crippen LogP) is 1.58. The summed E-state index contributed by atoms with van der Waals surface area (Å²) in [6.07, 6.45) is 7.93. The summed E-state index contributed by atoms with van der Waals surface area (Å²) in [6, 6.07) is 0.630. The van der Waals surface area contributed by atoms with E-state index in [0.29, 0.717) is 18.3 Å². The topological polar surface area (TPSA) is 66.9 Å². The fourth-order valence-corrected chi connectivity index (χ4v) is 2.73. The van der Waals surface area contributed by atoms with Gasteiger partial charge >= 0.3 is 0 Å². The van der Waals surface area contributed by atoms with Crippen LogP contribution in [0, 0.1) is 0 Å². The van der Waals surface area contributed by atoms with E-state index in [9.17, 15) is 4.79 Å². The Morgan fingerprint density at radius 2 is 2.06 bits per heavy atom. The van der Waals surface area contributed by atoms with E-state index in [0.717, 1.165) is 6.54 Å². The fraction of sp³-hybridized carbons (Fsp3) is 0.750. The minimum Gasteiger partial charge on any atom is -0.349 e. The second-order valence-corrected chi connectivity index (χ2v) is 5.30. The largest absolute Gasteiger partial charge is 0.349 e. The van der Waals surface area contributed by atoms with Crippen LogP contribution < -0.4 is 10.6 Å². The van der Waals surface area contributed by atoms with Crippen LogP contribution in [0.25, 0.3) is 0 Å². The maximum atomic E-state index is 11.6. The fourth-order valence-electron chi connectivity index (χ4n) is 2.29. The summed E-state index contributed by atoms with van der Waals surface area (Å²) in [5.74, 6) is -0.133. The predicted molar refractivity (Wildman–Crippen MR) is 71.7 cm³/mol. The zero-order chi connectivity index (χ0) is 12.6. The summed E-state index contributed by atoms with van der Waals surface area (Å²) in [7, 11) is 0. The van der Waals surface area contributed by atoms with Crippen molar-refractivity contribution in [2.45, 2.75) is 44.6 Å². The summed E-state index contributed by atoms with van der Waals surface area (Å²) in [6.45, 7) is 1.47. The highest BCUT2D eigenvalue weighted by Gasteiger charge is 2.11. The standard InChI is InChI=1S/C12H20N4OS/c17-12(11-9-18-16-15-11)14-8-7-13-10-5-3-1-2-4-6-10/h9-10,13H,1-8H2,(H,14,17). The molecule has 0 aliphatic heterocycles. The van der Waals surface area contributed by atoms with Crippen LogP contribution in [0.2, 0.25) is 0 Å². The summed E-state index contributed by atoms with van der Waals surface area (Å²) in [4.78, 5) is 11.6. The molecule has 1 amide bonds. The summed E-state index contributed by atoms with van der Waals surface area (Å²) in [5, 5.41) is 11.8. The van der Waals surface area contributed by atoms with Gasteiger partial charge in [0.1, 0.15) is 0 Å². The first-order valence-electron chi connectivity index (χ1n) is 6.65. The lowest BCUT2D eigenvalue weighted by molar-refractivity contribution is 0.0948. The number of aromatic nitrogens is 2. The third kappa shape index (κ3) is 4.34. The minimum atomic E-state index is -0.133. The molecule has 2 N–H and O–H groups in total. The normalized spacial score (nSPS) is 17.3. The number of hydrogen-bond acceptors (Lipinski definition) is 5. The van der Waals surface area contributed by atoms with E-state index in [-0.39, 0.29) is 5.91 Å². The van der Waals surface area contributed by atoms with Crippen LogP contribution in [0.15, 0.2) is 5.38 Å². The Balaban J connectivity index is 1.59. The van der Waals surface area contributed by atoms with Gasteiger partial charge in [0.05, 0.1) is 0 Å². The number of nitrogens with zero attached hydrogens (tertiary/aromatic N) is 2. The van der Waals surface area contributed by atoms with Crippen molar-refractivity contribution in [3.63, 3.8) is 0 Å². The molecule has 18 heavy (non-hydrogen) atoms. The van der Waals surface area contributed by atoms with Gasteiger partial charge in [-0.2, -0.15) is 0 Å². The molecule has 0 aromatic carbocycles. The lowest BCUT2D eigenvalue weighted by atomic mass is 10.1. The average Bonchev–Trinajstić information content (AvgIpc) is 2.80. The smallest absolute Gasteiger partial charge is 0.272 e. The SMILES string of the molecule is O=C(NCCNC1CCCCCC1)c1csnn1. The number of nitrogens with one attached hydrogen (secondary N) is 2. The van der Waals surface area contributed by atoms with Gasteiger partial charge in [-0.15, -0.1) is 5.10 Å². The Labute approximate surface area is 112 Å². The van der Waals surface area contributed by atoms with Gasteiger partial charge in [-0.1, -0.05) is 30.2 Å². The molecule has 1 aliphatic carbocycles. The van der Waals surface area contributed by atoms with Gasteiger partial charge in [0.15, 0.2) is 5.69 Å². The molecule has 5 nitrogen and oxygen atoms in total. The Hall–Kier alpha value is -1.01. The van der Waals surface area contributed by atoms with E-state index >= 15 is 0 Å². The number of carbonyl (C=O) groups is 1. The minimum absolute atomic E-state index is 0.133. The van der Waals surface area contributed by atoms with Crippen LogP contribution in [-0.2, 0) is 0 Å². The van der Waals surface area contributed by atoms with Crippen molar-refractivity contribution in [3.05, 3.63) is 11.1 Å². The monoisotopic (exact) mass is 268 g/mol. The van der Waals surface area contributed by atoms with Gasteiger partial charge in [0.2, 0.25) is 0 Å². The molecule has 0 spiro atoms. The van der Waals surface area contributed by atoms with Gasteiger partial charge in [-0.05, 0) is 24.4 Å². The third-order valence-electron chi connectivity index (χ3n) is 3.29. The maximum Gasteiger partial charge on any atom is 0.272 e. The quantitative estimate of drug-likeness (QED) is 0.628. The molecular formula is C12H20N4OS. The van der Waals surface area contributed by atoms with Crippen molar-refractivity contribution < 1.29 is 4.79 Å². The lowest BCUT2D eigenvalue weighted by Crippen LogP contribution is -2.37. The number of carbonyl (C=O) groups excluding carboxylic acids is 1. The highest BCUT2D eigenvalue weighted by Crippen LogP contribution is 2.16. The Kier molecular flexibility index (Phi) is 5.54. The van der Waals surface area contributed by atoms with Crippen LogP contribution >= 0.6 is 11.5 Å². The van der Waals surface area contributed by atoms with Crippen molar-refractivity contribution in [2.24, 2.45) is 0 Å². The van der Waals surface area contributed by atoms with Gasteiger partial charge in [-0.3, -0.25) is 4.79 Å².